The third-order valence-corrected chi connectivity index (χ3v) is 1.62. The molecule has 1 aliphatic heterocycles. The van der Waals surface area contributed by atoms with E-state index in [1.807, 2.05) is 20.0 Å². The predicted octanol–water partition coefficient (Wildman–Crippen LogP) is 1.58. The van der Waals surface area contributed by atoms with Gasteiger partial charge in [-0.15, -0.1) is 0 Å². The van der Waals surface area contributed by atoms with E-state index < -0.39 is 0 Å². The topological polar surface area (TPSA) is 35.0 Å². The van der Waals surface area contributed by atoms with Crippen LogP contribution in [0.3, 0.4) is 0 Å². The van der Waals surface area contributed by atoms with Crippen LogP contribution in [0.2, 0.25) is 0 Å². The van der Waals surface area contributed by atoms with Gasteiger partial charge >= 0.3 is 0 Å². The van der Waals surface area contributed by atoms with E-state index in [9.17, 15) is 0 Å². The summed E-state index contributed by atoms with van der Waals surface area (Å²) in [6.07, 6.45) is 4.34. The van der Waals surface area contributed by atoms with Crippen molar-refractivity contribution in [2.75, 3.05) is 6.61 Å². The molecule has 0 aromatic carbocycles. The van der Waals surface area contributed by atoms with E-state index in [1.165, 1.54) is 0 Å². The van der Waals surface area contributed by atoms with Gasteiger partial charge in [0.25, 0.3) is 0 Å². The highest BCUT2D eigenvalue weighted by atomic mass is 16.5. The fourth-order valence-electron chi connectivity index (χ4n) is 1.08. The van der Waals surface area contributed by atoms with Crippen LogP contribution in [-0.2, 0) is 17.8 Å². The number of aromatic nitrogens is 2. The van der Waals surface area contributed by atoms with Gasteiger partial charge in [-0.1, -0.05) is 13.8 Å². The molecule has 3 nitrogen and oxygen atoms in total. The SMILES string of the molecule is CC.c1ncc2c(n1)CCOC2. The molecular weight excluding hydrogens is 152 g/mol. The molecule has 0 spiro atoms. The Bertz CT molecular complexity index is 213. The third-order valence-electron chi connectivity index (χ3n) is 1.62. The predicted molar refractivity (Wildman–Crippen MR) is 46.7 cm³/mol. The van der Waals surface area contributed by atoms with Crippen molar-refractivity contribution in [3.05, 3.63) is 23.8 Å². The molecule has 2 heterocycles. The fourth-order valence-corrected chi connectivity index (χ4v) is 1.08. The summed E-state index contributed by atoms with van der Waals surface area (Å²) in [6, 6.07) is 0. The molecule has 0 bridgehead atoms. The molecular formula is C9H14N2O. The van der Waals surface area contributed by atoms with Gasteiger partial charge in [-0.25, -0.2) is 9.97 Å². The lowest BCUT2D eigenvalue weighted by Crippen LogP contribution is -2.11. The number of hydrogen-bond donors (Lipinski definition) is 0. The van der Waals surface area contributed by atoms with Crippen LogP contribution in [0.1, 0.15) is 25.1 Å². The Morgan fingerprint density at radius 2 is 2.25 bits per heavy atom. The number of hydrogen-bond acceptors (Lipinski definition) is 3. The van der Waals surface area contributed by atoms with Gasteiger partial charge in [0.05, 0.1) is 18.9 Å². The molecule has 0 unspecified atom stereocenters. The second-order valence-corrected chi connectivity index (χ2v) is 2.30. The van der Waals surface area contributed by atoms with E-state index in [0.717, 1.165) is 24.3 Å². The maximum absolute atomic E-state index is 5.22. The van der Waals surface area contributed by atoms with E-state index in [0.29, 0.717) is 6.61 Å². The molecule has 0 radical (unpaired) electrons. The molecule has 66 valence electrons. The summed E-state index contributed by atoms with van der Waals surface area (Å²) in [5.41, 5.74) is 2.27. The van der Waals surface area contributed by atoms with Crippen molar-refractivity contribution >= 4 is 0 Å². The second kappa shape index (κ2) is 4.83. The lowest BCUT2D eigenvalue weighted by atomic mass is 10.1. The zero-order chi connectivity index (χ0) is 8.81. The Morgan fingerprint density at radius 1 is 1.42 bits per heavy atom. The number of nitrogens with zero attached hydrogens (tertiary/aromatic N) is 2. The summed E-state index contributed by atoms with van der Waals surface area (Å²) in [4.78, 5) is 8.04. The average molecular weight is 166 g/mol. The van der Waals surface area contributed by atoms with Gasteiger partial charge < -0.3 is 4.74 Å². The first kappa shape index (κ1) is 9.13. The van der Waals surface area contributed by atoms with Crippen molar-refractivity contribution in [2.45, 2.75) is 26.9 Å². The molecule has 1 aromatic rings. The van der Waals surface area contributed by atoms with Crippen LogP contribution in [0.15, 0.2) is 12.5 Å². The van der Waals surface area contributed by atoms with Crippen molar-refractivity contribution in [3.63, 3.8) is 0 Å². The Kier molecular flexibility index (Phi) is 3.67. The highest BCUT2D eigenvalue weighted by Crippen LogP contribution is 2.11. The molecule has 0 saturated heterocycles. The fraction of sp³-hybridized carbons (Fsp3) is 0.556. The standard InChI is InChI=1S/C7H8N2O.C2H6/c1-2-10-4-6-3-8-5-9-7(1)6;1-2/h3,5H,1-2,4H2;1-2H3. The van der Waals surface area contributed by atoms with Gasteiger partial charge in [0.1, 0.15) is 6.33 Å². The zero-order valence-electron chi connectivity index (χ0n) is 7.58. The van der Waals surface area contributed by atoms with E-state index in [4.69, 9.17) is 4.74 Å². The van der Waals surface area contributed by atoms with E-state index in [2.05, 4.69) is 9.97 Å². The number of ether oxygens (including phenoxy) is 1. The lowest BCUT2D eigenvalue weighted by Gasteiger charge is -2.13. The monoisotopic (exact) mass is 166 g/mol. The van der Waals surface area contributed by atoms with Crippen LogP contribution >= 0.6 is 0 Å². The van der Waals surface area contributed by atoms with Crippen LogP contribution in [0.4, 0.5) is 0 Å². The summed E-state index contributed by atoms with van der Waals surface area (Å²) < 4.78 is 5.22. The minimum Gasteiger partial charge on any atom is -0.376 e. The molecule has 2 rings (SSSR count). The molecule has 0 N–H and O–H groups in total. The van der Waals surface area contributed by atoms with Crippen LogP contribution < -0.4 is 0 Å². The minimum absolute atomic E-state index is 0.677. The highest BCUT2D eigenvalue weighted by molar-refractivity contribution is 5.16. The lowest BCUT2D eigenvalue weighted by molar-refractivity contribution is 0.109. The summed E-state index contributed by atoms with van der Waals surface area (Å²) in [5, 5.41) is 0. The maximum atomic E-state index is 5.22. The third kappa shape index (κ3) is 2.01. The Labute approximate surface area is 72.8 Å². The molecule has 1 aliphatic rings. The molecule has 0 aliphatic carbocycles. The first-order chi connectivity index (χ1) is 5.97. The number of fused-ring (bicyclic) bond motifs is 1. The van der Waals surface area contributed by atoms with Gasteiger partial charge in [-0.05, 0) is 0 Å². The Balaban J connectivity index is 0.000000336. The van der Waals surface area contributed by atoms with Gasteiger partial charge in [-0.3, -0.25) is 0 Å². The van der Waals surface area contributed by atoms with Gasteiger partial charge in [0, 0.05) is 18.2 Å². The zero-order valence-corrected chi connectivity index (χ0v) is 7.58. The summed E-state index contributed by atoms with van der Waals surface area (Å²) >= 11 is 0. The maximum Gasteiger partial charge on any atom is 0.115 e. The van der Waals surface area contributed by atoms with Gasteiger partial charge in [-0.2, -0.15) is 0 Å². The van der Waals surface area contributed by atoms with Gasteiger partial charge in [0.15, 0.2) is 0 Å². The number of rotatable bonds is 0. The second-order valence-electron chi connectivity index (χ2n) is 2.30. The van der Waals surface area contributed by atoms with Gasteiger partial charge in [0.2, 0.25) is 0 Å². The van der Waals surface area contributed by atoms with Crippen LogP contribution in [0, 0.1) is 0 Å². The van der Waals surface area contributed by atoms with Crippen molar-refractivity contribution in [1.82, 2.24) is 9.97 Å². The van der Waals surface area contributed by atoms with Crippen LogP contribution in [-0.4, -0.2) is 16.6 Å². The summed E-state index contributed by atoms with van der Waals surface area (Å²) in [7, 11) is 0. The molecule has 1 aromatic heterocycles. The van der Waals surface area contributed by atoms with E-state index in [1.54, 1.807) is 6.33 Å². The molecule has 0 atom stereocenters. The first-order valence-corrected chi connectivity index (χ1v) is 4.32. The van der Waals surface area contributed by atoms with E-state index in [-0.39, 0.29) is 0 Å². The summed E-state index contributed by atoms with van der Waals surface area (Å²) in [6.45, 7) is 5.47. The molecule has 0 saturated carbocycles. The molecule has 0 amide bonds. The first-order valence-electron chi connectivity index (χ1n) is 4.32. The van der Waals surface area contributed by atoms with Crippen LogP contribution in [0.5, 0.6) is 0 Å². The summed E-state index contributed by atoms with van der Waals surface area (Å²) in [5.74, 6) is 0. The van der Waals surface area contributed by atoms with Crippen molar-refractivity contribution in [3.8, 4) is 0 Å². The normalized spacial score (nSPS) is 14.2. The van der Waals surface area contributed by atoms with Crippen molar-refractivity contribution in [1.29, 1.82) is 0 Å². The average Bonchev–Trinajstić information content (AvgIpc) is 2.21. The van der Waals surface area contributed by atoms with E-state index >= 15 is 0 Å². The molecule has 3 heteroatoms. The van der Waals surface area contributed by atoms with Crippen molar-refractivity contribution in [2.24, 2.45) is 0 Å². The van der Waals surface area contributed by atoms with Crippen molar-refractivity contribution < 1.29 is 4.74 Å². The Morgan fingerprint density at radius 3 is 3.00 bits per heavy atom. The van der Waals surface area contributed by atoms with Crippen LogP contribution in [0.25, 0.3) is 0 Å². The minimum atomic E-state index is 0.677. The quantitative estimate of drug-likeness (QED) is 0.587. The largest absolute Gasteiger partial charge is 0.376 e. The highest BCUT2D eigenvalue weighted by Gasteiger charge is 2.08. The molecule has 0 fully saturated rings. The molecule has 12 heavy (non-hydrogen) atoms. The smallest absolute Gasteiger partial charge is 0.115 e. The Hall–Kier alpha value is -0.960.